The maximum Gasteiger partial charge on any atom is 0.331 e. The monoisotopic (exact) mass is 371 g/mol. The number of esters is 1. The number of amides is 1. The fourth-order valence-corrected chi connectivity index (χ4v) is 3.56. The Morgan fingerprint density at radius 1 is 1.40 bits per heavy atom. The molecule has 2 atom stereocenters. The van der Waals surface area contributed by atoms with E-state index in [-0.39, 0.29) is 30.6 Å². The molecule has 0 spiro atoms. The Morgan fingerprint density at radius 2 is 2.20 bits per heavy atom. The van der Waals surface area contributed by atoms with E-state index in [0.29, 0.717) is 25.1 Å². The zero-order chi connectivity index (χ0) is 18.5. The lowest BCUT2D eigenvalue weighted by molar-refractivity contribution is -0.145. The van der Waals surface area contributed by atoms with Crippen LogP contribution in [0.2, 0.25) is 0 Å². The van der Waals surface area contributed by atoms with Crippen molar-refractivity contribution < 1.29 is 24.2 Å². The molecular formula is C18H29NO5S. The molecule has 6 nitrogen and oxygen atoms in total. The standard InChI is InChI=1S/C18H29NO5S/c1-3-4-5-8-15(20)10-11-19-16(21)14-25-17(19)9-6-7-12-24-13-18(22)23-2/h15,17,20H,3-5,8-14H2,1-2H3. The molecule has 1 fully saturated rings. The van der Waals surface area contributed by atoms with Gasteiger partial charge >= 0.3 is 5.97 Å². The molecule has 1 saturated heterocycles. The van der Waals surface area contributed by atoms with E-state index in [0.717, 1.165) is 25.7 Å². The number of nitrogens with zero attached hydrogens (tertiary/aromatic N) is 1. The van der Waals surface area contributed by atoms with Gasteiger partial charge in [-0.2, -0.15) is 0 Å². The summed E-state index contributed by atoms with van der Waals surface area (Å²) >= 11 is 1.58. The van der Waals surface area contributed by atoms with Crippen LogP contribution in [-0.2, 0) is 19.1 Å². The number of hydrogen-bond donors (Lipinski definition) is 1. The van der Waals surface area contributed by atoms with E-state index in [2.05, 4.69) is 23.5 Å². The van der Waals surface area contributed by atoms with Gasteiger partial charge in [-0.25, -0.2) is 4.79 Å². The zero-order valence-electron chi connectivity index (χ0n) is 15.2. The van der Waals surface area contributed by atoms with Crippen LogP contribution in [-0.4, -0.2) is 66.0 Å². The lowest BCUT2D eigenvalue weighted by Crippen LogP contribution is -2.35. The number of carbonyl (C=O) groups excluding carboxylic acids is 2. The molecule has 0 saturated carbocycles. The van der Waals surface area contributed by atoms with E-state index in [1.165, 1.54) is 7.11 Å². The van der Waals surface area contributed by atoms with Crippen LogP contribution in [0.4, 0.5) is 0 Å². The summed E-state index contributed by atoms with van der Waals surface area (Å²) in [7, 11) is 1.31. The predicted octanol–water partition coefficient (Wildman–Crippen LogP) is 1.80. The van der Waals surface area contributed by atoms with Crippen molar-refractivity contribution >= 4 is 23.6 Å². The smallest absolute Gasteiger partial charge is 0.331 e. The van der Waals surface area contributed by atoms with Crippen LogP contribution in [0.1, 0.15) is 45.4 Å². The molecule has 142 valence electrons. The van der Waals surface area contributed by atoms with Gasteiger partial charge < -0.3 is 19.5 Å². The molecule has 0 aromatic carbocycles. The maximum absolute atomic E-state index is 12.0. The fraction of sp³-hybridized carbons (Fsp3) is 0.778. The molecule has 25 heavy (non-hydrogen) atoms. The average Bonchev–Trinajstić information content (AvgIpc) is 2.96. The van der Waals surface area contributed by atoms with Gasteiger partial charge in [0, 0.05) is 13.0 Å². The minimum atomic E-state index is -0.428. The largest absolute Gasteiger partial charge is 0.467 e. The Kier molecular flexibility index (Phi) is 11.4. The van der Waals surface area contributed by atoms with Crippen LogP contribution >= 0.6 is 11.8 Å². The molecule has 1 N–H and O–H groups in total. The first kappa shape index (κ1) is 21.8. The van der Waals surface area contributed by atoms with Gasteiger partial charge in [-0.15, -0.1) is 11.8 Å². The van der Waals surface area contributed by atoms with Crippen molar-refractivity contribution in [3.63, 3.8) is 0 Å². The summed E-state index contributed by atoms with van der Waals surface area (Å²) < 4.78 is 9.52. The molecule has 1 amide bonds. The predicted molar refractivity (Wildman–Crippen MR) is 98.0 cm³/mol. The number of hydrogen-bond acceptors (Lipinski definition) is 6. The third kappa shape index (κ3) is 9.15. The molecule has 0 aromatic heterocycles. The summed E-state index contributed by atoms with van der Waals surface area (Å²) in [4.78, 5) is 24.7. The number of carbonyl (C=O) groups is 2. The minimum absolute atomic E-state index is 0.0310. The number of unbranched alkanes of at least 4 members (excludes halogenated alkanes) is 2. The van der Waals surface area contributed by atoms with Crippen LogP contribution in [0.25, 0.3) is 0 Å². The molecule has 2 unspecified atom stereocenters. The van der Waals surface area contributed by atoms with Crippen molar-refractivity contribution in [1.82, 2.24) is 4.90 Å². The Hall–Kier alpha value is -1.23. The molecule has 1 aliphatic rings. The van der Waals surface area contributed by atoms with Gasteiger partial charge in [0.15, 0.2) is 0 Å². The van der Waals surface area contributed by atoms with Crippen LogP contribution in [0.5, 0.6) is 0 Å². The van der Waals surface area contributed by atoms with Crippen molar-refractivity contribution in [2.75, 3.05) is 32.6 Å². The summed E-state index contributed by atoms with van der Waals surface area (Å²) in [5.41, 5.74) is 0. The fourth-order valence-electron chi connectivity index (χ4n) is 2.46. The van der Waals surface area contributed by atoms with E-state index in [9.17, 15) is 14.7 Å². The van der Waals surface area contributed by atoms with Crippen molar-refractivity contribution in [3.8, 4) is 11.8 Å². The van der Waals surface area contributed by atoms with E-state index in [1.54, 1.807) is 11.8 Å². The molecule has 0 bridgehead atoms. The highest BCUT2D eigenvalue weighted by Gasteiger charge is 2.30. The van der Waals surface area contributed by atoms with Gasteiger partial charge in [0.05, 0.1) is 24.3 Å². The Morgan fingerprint density at radius 3 is 2.92 bits per heavy atom. The minimum Gasteiger partial charge on any atom is -0.467 e. The molecule has 0 aliphatic carbocycles. The lowest BCUT2D eigenvalue weighted by Gasteiger charge is -2.23. The second-order valence-corrected chi connectivity index (χ2v) is 7.08. The second-order valence-electron chi connectivity index (χ2n) is 5.92. The third-order valence-corrected chi connectivity index (χ3v) is 5.15. The van der Waals surface area contributed by atoms with Gasteiger partial charge in [-0.1, -0.05) is 38.0 Å². The van der Waals surface area contributed by atoms with E-state index >= 15 is 0 Å². The molecule has 7 heteroatoms. The van der Waals surface area contributed by atoms with Crippen molar-refractivity contribution in [2.45, 2.75) is 56.9 Å². The Labute approximate surface area is 154 Å². The molecule has 0 aromatic rings. The lowest BCUT2D eigenvalue weighted by atomic mass is 10.1. The Balaban J connectivity index is 2.29. The van der Waals surface area contributed by atoms with Crippen LogP contribution in [0.15, 0.2) is 0 Å². The molecule has 1 aliphatic heterocycles. The number of aliphatic hydroxyl groups excluding tert-OH is 1. The van der Waals surface area contributed by atoms with Gasteiger partial charge in [0.25, 0.3) is 0 Å². The molecule has 1 heterocycles. The summed E-state index contributed by atoms with van der Waals surface area (Å²) in [6, 6.07) is 0. The summed E-state index contributed by atoms with van der Waals surface area (Å²) in [6.45, 7) is 2.77. The van der Waals surface area contributed by atoms with Gasteiger partial charge in [-0.3, -0.25) is 4.79 Å². The molecular weight excluding hydrogens is 342 g/mol. The number of thioether (sulfide) groups is 1. The highest BCUT2D eigenvalue weighted by molar-refractivity contribution is 8.01. The van der Waals surface area contributed by atoms with Gasteiger partial charge in [0.1, 0.15) is 13.2 Å². The Bertz CT molecular complexity index is 474. The first-order chi connectivity index (χ1) is 12.1. The topological polar surface area (TPSA) is 76.1 Å². The molecule has 0 radical (unpaired) electrons. The first-order valence-corrected chi connectivity index (χ1v) is 9.82. The number of rotatable bonds is 11. The van der Waals surface area contributed by atoms with Crippen LogP contribution < -0.4 is 0 Å². The SMILES string of the molecule is CCCCCC(O)CCN1C(=O)CSC1CC#CCOCC(=O)OC. The number of ether oxygens (including phenoxy) is 2. The third-order valence-electron chi connectivity index (χ3n) is 3.93. The van der Waals surface area contributed by atoms with E-state index in [4.69, 9.17) is 4.74 Å². The summed E-state index contributed by atoms with van der Waals surface area (Å²) in [6.07, 6.45) is 4.92. The average molecular weight is 371 g/mol. The highest BCUT2D eigenvalue weighted by Crippen LogP contribution is 2.27. The van der Waals surface area contributed by atoms with E-state index in [1.807, 2.05) is 4.90 Å². The van der Waals surface area contributed by atoms with Gasteiger partial charge in [-0.05, 0) is 12.8 Å². The summed E-state index contributed by atoms with van der Waals surface area (Å²) in [5.74, 6) is 5.99. The van der Waals surface area contributed by atoms with Crippen LogP contribution in [0, 0.1) is 11.8 Å². The number of aliphatic hydroxyl groups is 1. The molecule has 1 rings (SSSR count). The van der Waals surface area contributed by atoms with E-state index < -0.39 is 5.97 Å². The van der Waals surface area contributed by atoms with Crippen molar-refractivity contribution in [3.05, 3.63) is 0 Å². The normalized spacial score (nSPS) is 18.0. The van der Waals surface area contributed by atoms with Crippen LogP contribution in [0.3, 0.4) is 0 Å². The first-order valence-electron chi connectivity index (χ1n) is 8.77. The second kappa shape index (κ2) is 13.0. The quantitative estimate of drug-likeness (QED) is 0.339. The maximum atomic E-state index is 12.0. The van der Waals surface area contributed by atoms with Crippen molar-refractivity contribution in [1.29, 1.82) is 0 Å². The number of methoxy groups -OCH3 is 1. The zero-order valence-corrected chi connectivity index (χ0v) is 16.0. The van der Waals surface area contributed by atoms with Gasteiger partial charge in [0.2, 0.25) is 5.91 Å². The summed E-state index contributed by atoms with van der Waals surface area (Å²) in [5, 5.41) is 10.1. The van der Waals surface area contributed by atoms with Crippen molar-refractivity contribution in [2.24, 2.45) is 0 Å². The highest BCUT2D eigenvalue weighted by atomic mass is 32.2.